The van der Waals surface area contributed by atoms with Gasteiger partial charge in [0.05, 0.1) is 24.5 Å². The fourth-order valence-corrected chi connectivity index (χ4v) is 3.60. The fraction of sp³-hybridized carbons (Fsp3) is 0.381. The number of benzene rings is 1. The topological polar surface area (TPSA) is 77.5 Å². The number of tetrazole rings is 1. The van der Waals surface area contributed by atoms with Crippen LogP contribution in [0.1, 0.15) is 36.2 Å². The number of aryl methyl sites for hydroxylation is 3. The first-order chi connectivity index (χ1) is 15.7. The van der Waals surface area contributed by atoms with Crippen molar-refractivity contribution in [3.05, 3.63) is 58.7 Å². The molecule has 0 N–H and O–H groups in total. The highest BCUT2D eigenvalue weighted by atomic mass is 19.4. The Bertz CT molecular complexity index is 1280. The number of fused-ring (bicyclic) bond motifs is 1. The minimum Gasteiger partial charge on any atom is -0.329 e. The number of anilines is 1. The van der Waals surface area contributed by atoms with E-state index in [4.69, 9.17) is 0 Å². The molecule has 33 heavy (non-hydrogen) atoms. The van der Waals surface area contributed by atoms with Crippen molar-refractivity contribution >= 4 is 17.0 Å². The summed E-state index contributed by atoms with van der Waals surface area (Å²) >= 11 is 0. The lowest BCUT2D eigenvalue weighted by molar-refractivity contribution is -0.137. The molecule has 0 saturated heterocycles. The lowest BCUT2D eigenvalue weighted by Crippen LogP contribution is -2.24. The molecule has 3 aromatic heterocycles. The molecular formula is C21H21F4N8. The second-order valence-electron chi connectivity index (χ2n) is 7.53. The van der Waals surface area contributed by atoms with Gasteiger partial charge in [-0.25, -0.2) is 14.1 Å². The van der Waals surface area contributed by atoms with Crippen molar-refractivity contribution in [1.82, 2.24) is 35.0 Å². The first-order valence-electron chi connectivity index (χ1n) is 10.3. The highest BCUT2D eigenvalue weighted by Gasteiger charge is 2.31. The summed E-state index contributed by atoms with van der Waals surface area (Å²) < 4.78 is 55.2. The van der Waals surface area contributed by atoms with Gasteiger partial charge in [-0.3, -0.25) is 0 Å². The molecule has 0 amide bonds. The van der Waals surface area contributed by atoms with Gasteiger partial charge in [-0.15, -0.1) is 5.10 Å². The van der Waals surface area contributed by atoms with Crippen LogP contribution in [0.25, 0.3) is 11.0 Å². The Kier molecular flexibility index (Phi) is 6.00. The van der Waals surface area contributed by atoms with Crippen LogP contribution in [0, 0.1) is 12.0 Å². The van der Waals surface area contributed by atoms with Gasteiger partial charge in [-0.05, 0) is 48.4 Å². The molecule has 0 atom stereocenters. The molecule has 0 spiro atoms. The van der Waals surface area contributed by atoms with Crippen molar-refractivity contribution in [1.29, 1.82) is 0 Å². The van der Waals surface area contributed by atoms with Crippen LogP contribution in [0.2, 0.25) is 0 Å². The fourth-order valence-electron chi connectivity index (χ4n) is 3.60. The maximum absolute atomic E-state index is 13.9. The van der Waals surface area contributed by atoms with E-state index in [0.29, 0.717) is 30.2 Å². The van der Waals surface area contributed by atoms with E-state index in [-0.39, 0.29) is 24.6 Å². The molecule has 0 fully saturated rings. The van der Waals surface area contributed by atoms with E-state index >= 15 is 0 Å². The van der Waals surface area contributed by atoms with Crippen molar-refractivity contribution in [2.75, 3.05) is 4.90 Å². The number of aromatic nitrogens is 7. The summed E-state index contributed by atoms with van der Waals surface area (Å²) in [6.07, 6.45) is -0.972. The normalized spacial score (nSPS) is 12.0. The zero-order valence-electron chi connectivity index (χ0n) is 18.2. The molecule has 173 valence electrons. The minimum absolute atomic E-state index is 0.0761. The van der Waals surface area contributed by atoms with E-state index in [1.54, 1.807) is 16.6 Å². The van der Waals surface area contributed by atoms with Crippen LogP contribution in [-0.2, 0) is 39.3 Å². The first-order valence-corrected chi connectivity index (χ1v) is 10.3. The molecule has 0 aliphatic rings. The van der Waals surface area contributed by atoms with Gasteiger partial charge >= 0.3 is 6.18 Å². The Morgan fingerprint density at radius 3 is 2.48 bits per heavy atom. The molecule has 0 bridgehead atoms. The van der Waals surface area contributed by atoms with Crippen LogP contribution in [0.15, 0.2) is 24.3 Å². The number of pyridine rings is 1. The molecule has 4 rings (SSSR count). The van der Waals surface area contributed by atoms with E-state index in [0.717, 1.165) is 23.2 Å². The lowest BCUT2D eigenvalue weighted by Gasteiger charge is -2.21. The van der Waals surface area contributed by atoms with E-state index in [2.05, 4.69) is 31.7 Å². The van der Waals surface area contributed by atoms with Crippen LogP contribution in [0.4, 0.5) is 23.5 Å². The van der Waals surface area contributed by atoms with Crippen LogP contribution >= 0.6 is 0 Å². The summed E-state index contributed by atoms with van der Waals surface area (Å²) in [6, 6.07) is 4.34. The van der Waals surface area contributed by atoms with E-state index in [9.17, 15) is 17.6 Å². The summed E-state index contributed by atoms with van der Waals surface area (Å²) in [5, 5.41) is 17.4. The van der Waals surface area contributed by atoms with Crippen molar-refractivity contribution in [3.8, 4) is 0 Å². The maximum atomic E-state index is 13.9. The number of halogens is 4. The molecular weight excluding hydrogens is 440 g/mol. The summed E-state index contributed by atoms with van der Waals surface area (Å²) in [5.41, 5.74) is 1.32. The average Bonchev–Trinajstić information content (AvgIpc) is 3.35. The smallest absolute Gasteiger partial charge is 0.329 e. The van der Waals surface area contributed by atoms with Gasteiger partial charge in [0.15, 0.2) is 5.65 Å². The molecule has 0 unspecified atom stereocenters. The molecule has 0 aliphatic heterocycles. The molecule has 1 aromatic carbocycles. The molecule has 4 aromatic rings. The van der Waals surface area contributed by atoms with Gasteiger partial charge in [0, 0.05) is 30.6 Å². The third-order valence-corrected chi connectivity index (χ3v) is 5.10. The Hall–Kier alpha value is -3.57. The summed E-state index contributed by atoms with van der Waals surface area (Å²) in [6.45, 7) is 4.72. The SMILES string of the molecule is CCc1nn(CC)c2n[c]c(CN(Cc3cc(F)cc(C(F)(F)F)c3)c3nnn(C)n3)cc12. The zero-order valence-corrected chi connectivity index (χ0v) is 18.2. The standard InChI is InChI=1S/C21H21F4N8/c1-4-18-17-8-14(10-26-19(17)33(5-2)28-18)12-32(20-27-30-31(3)29-20)11-13-6-15(21(23,24)25)9-16(22)7-13/h6-9H,4-5,11-12H2,1-3H3. The lowest BCUT2D eigenvalue weighted by atomic mass is 10.1. The predicted octanol–water partition coefficient (Wildman–Crippen LogP) is 3.70. The molecule has 0 saturated carbocycles. The van der Waals surface area contributed by atoms with Gasteiger partial charge in [0.1, 0.15) is 5.82 Å². The summed E-state index contributed by atoms with van der Waals surface area (Å²) in [4.78, 5) is 7.25. The Morgan fingerprint density at radius 2 is 1.85 bits per heavy atom. The largest absolute Gasteiger partial charge is 0.416 e. The quantitative estimate of drug-likeness (QED) is 0.391. The summed E-state index contributed by atoms with van der Waals surface area (Å²) in [7, 11) is 1.57. The number of hydrogen-bond acceptors (Lipinski definition) is 6. The number of rotatable bonds is 7. The van der Waals surface area contributed by atoms with E-state index in [1.165, 1.54) is 4.80 Å². The summed E-state index contributed by atoms with van der Waals surface area (Å²) in [5.74, 6) is -0.787. The number of alkyl halides is 3. The van der Waals surface area contributed by atoms with Gasteiger partial charge in [-0.1, -0.05) is 12.0 Å². The van der Waals surface area contributed by atoms with Crippen LogP contribution in [-0.4, -0.2) is 35.0 Å². The molecule has 1 radical (unpaired) electrons. The van der Waals surface area contributed by atoms with Gasteiger partial charge in [0.25, 0.3) is 5.95 Å². The third-order valence-electron chi connectivity index (χ3n) is 5.10. The second-order valence-corrected chi connectivity index (χ2v) is 7.53. The van der Waals surface area contributed by atoms with Gasteiger partial charge < -0.3 is 4.90 Å². The van der Waals surface area contributed by atoms with Gasteiger partial charge in [-0.2, -0.15) is 23.1 Å². The Balaban J connectivity index is 1.70. The van der Waals surface area contributed by atoms with Crippen LogP contribution < -0.4 is 4.90 Å². The van der Waals surface area contributed by atoms with Crippen LogP contribution in [0.5, 0.6) is 0 Å². The Morgan fingerprint density at radius 1 is 1.06 bits per heavy atom. The van der Waals surface area contributed by atoms with Crippen molar-refractivity contribution in [3.63, 3.8) is 0 Å². The third kappa shape index (κ3) is 4.78. The van der Waals surface area contributed by atoms with E-state index < -0.39 is 17.6 Å². The zero-order chi connectivity index (χ0) is 23.8. The van der Waals surface area contributed by atoms with Crippen molar-refractivity contribution < 1.29 is 17.6 Å². The molecule has 8 nitrogen and oxygen atoms in total. The molecule has 0 aliphatic carbocycles. The molecule has 12 heteroatoms. The Labute approximate surface area is 186 Å². The monoisotopic (exact) mass is 461 g/mol. The second kappa shape index (κ2) is 8.75. The van der Waals surface area contributed by atoms with E-state index in [1.807, 2.05) is 19.9 Å². The predicted molar refractivity (Wildman–Crippen MR) is 112 cm³/mol. The van der Waals surface area contributed by atoms with Gasteiger partial charge in [0.2, 0.25) is 0 Å². The number of nitrogens with zero attached hydrogens (tertiary/aromatic N) is 8. The average molecular weight is 461 g/mol. The number of hydrogen-bond donors (Lipinski definition) is 0. The van der Waals surface area contributed by atoms with Crippen molar-refractivity contribution in [2.24, 2.45) is 7.05 Å². The van der Waals surface area contributed by atoms with Crippen molar-refractivity contribution in [2.45, 2.75) is 46.1 Å². The maximum Gasteiger partial charge on any atom is 0.416 e. The van der Waals surface area contributed by atoms with Crippen LogP contribution in [0.3, 0.4) is 0 Å². The first kappa shape index (κ1) is 22.6. The highest BCUT2D eigenvalue weighted by molar-refractivity contribution is 5.79. The minimum atomic E-state index is -4.66. The highest BCUT2D eigenvalue weighted by Crippen LogP contribution is 2.31. The molecule has 3 heterocycles.